The van der Waals surface area contributed by atoms with Crippen LogP contribution in [0, 0.1) is 0 Å². The molecule has 0 saturated heterocycles. The molecule has 8 heteroatoms. The van der Waals surface area contributed by atoms with E-state index in [0.29, 0.717) is 26.6 Å². The van der Waals surface area contributed by atoms with Gasteiger partial charge >= 0.3 is 5.97 Å². The Morgan fingerprint density at radius 1 is 1.19 bits per heavy atom. The summed E-state index contributed by atoms with van der Waals surface area (Å²) in [5.74, 6) is 0.261. The van der Waals surface area contributed by atoms with Crippen molar-refractivity contribution in [3.05, 3.63) is 73.5 Å². The first-order valence-electron chi connectivity index (χ1n) is 7.96. The lowest BCUT2D eigenvalue weighted by Gasteiger charge is -2.04. The van der Waals surface area contributed by atoms with Gasteiger partial charge in [0.25, 0.3) is 5.56 Å². The molecule has 0 fully saturated rings. The van der Waals surface area contributed by atoms with Crippen molar-refractivity contribution < 1.29 is 9.53 Å². The number of halogens is 1. The van der Waals surface area contributed by atoms with Crippen LogP contribution in [0.15, 0.2) is 57.8 Å². The molecule has 0 saturated carbocycles. The molecule has 6 nitrogen and oxygen atoms in total. The maximum absolute atomic E-state index is 12.7. The Morgan fingerprint density at radius 2 is 1.93 bits per heavy atom. The number of hydrogen-bond acceptors (Lipinski definition) is 6. The van der Waals surface area contributed by atoms with Gasteiger partial charge in [-0.3, -0.25) is 9.59 Å². The molecule has 0 radical (unpaired) electrons. The number of fused-ring (bicyclic) bond motifs is 1. The van der Waals surface area contributed by atoms with Crippen molar-refractivity contribution in [3.8, 4) is 17.1 Å². The Bertz CT molecular complexity index is 1280. The zero-order valence-corrected chi connectivity index (χ0v) is 16.5. The predicted molar refractivity (Wildman–Crippen MR) is 107 cm³/mol. The van der Waals surface area contributed by atoms with Crippen molar-refractivity contribution >= 4 is 44.3 Å². The number of esters is 1. The lowest BCUT2D eigenvalue weighted by Crippen LogP contribution is -2.23. The van der Waals surface area contributed by atoms with Crippen LogP contribution in [0.2, 0.25) is 0 Å². The average Bonchev–Trinajstić information content (AvgIpc) is 3.17. The summed E-state index contributed by atoms with van der Waals surface area (Å²) < 4.78 is 7.92. The van der Waals surface area contributed by atoms with E-state index in [2.05, 4.69) is 26.0 Å². The molecule has 0 N–H and O–H groups in total. The van der Waals surface area contributed by atoms with Gasteiger partial charge in [-0.2, -0.15) is 9.50 Å². The average molecular weight is 442 g/mol. The Morgan fingerprint density at radius 3 is 2.67 bits per heavy atom. The lowest BCUT2D eigenvalue weighted by molar-refractivity contribution is -0.131. The maximum atomic E-state index is 12.7. The van der Waals surface area contributed by atoms with Crippen LogP contribution in [-0.4, -0.2) is 20.6 Å². The van der Waals surface area contributed by atoms with Crippen LogP contribution in [0.3, 0.4) is 0 Å². The molecule has 27 heavy (non-hydrogen) atoms. The van der Waals surface area contributed by atoms with E-state index in [1.165, 1.54) is 22.8 Å². The van der Waals surface area contributed by atoms with E-state index < -0.39 is 5.97 Å². The zero-order chi connectivity index (χ0) is 19.0. The first kappa shape index (κ1) is 17.6. The van der Waals surface area contributed by atoms with Gasteiger partial charge in [-0.05, 0) is 29.8 Å². The summed E-state index contributed by atoms with van der Waals surface area (Å²) in [7, 11) is 0. The highest BCUT2D eigenvalue weighted by atomic mass is 79.9. The third kappa shape index (κ3) is 3.41. The van der Waals surface area contributed by atoms with E-state index in [1.807, 2.05) is 24.3 Å². The molecule has 0 atom stereocenters. The van der Waals surface area contributed by atoms with Crippen molar-refractivity contribution in [3.63, 3.8) is 0 Å². The molecule has 0 bridgehead atoms. The molecule has 0 aliphatic heterocycles. The number of para-hydroxylation sites is 1. The summed E-state index contributed by atoms with van der Waals surface area (Å²) >= 11 is 4.73. The number of thiazole rings is 1. The molecule has 0 amide bonds. The zero-order valence-electron chi connectivity index (χ0n) is 14.0. The van der Waals surface area contributed by atoms with E-state index in [0.717, 1.165) is 10.0 Å². The van der Waals surface area contributed by atoms with Crippen LogP contribution < -0.4 is 14.8 Å². The van der Waals surface area contributed by atoms with Crippen LogP contribution in [0.1, 0.15) is 12.5 Å². The summed E-state index contributed by atoms with van der Waals surface area (Å²) in [5.41, 5.74) is 1.22. The molecule has 2 aromatic carbocycles. The molecular formula is C19H12BrN3O3S. The number of benzene rings is 2. The first-order valence-corrected chi connectivity index (χ1v) is 9.57. The summed E-state index contributed by atoms with van der Waals surface area (Å²) in [6.45, 7) is 1.33. The van der Waals surface area contributed by atoms with Crippen molar-refractivity contribution in [2.75, 3.05) is 0 Å². The maximum Gasteiger partial charge on any atom is 0.308 e. The minimum atomic E-state index is -0.432. The minimum Gasteiger partial charge on any atom is -0.426 e. The van der Waals surface area contributed by atoms with Gasteiger partial charge in [0.2, 0.25) is 4.96 Å². The van der Waals surface area contributed by atoms with Crippen molar-refractivity contribution in [1.82, 2.24) is 14.6 Å². The molecule has 2 heterocycles. The largest absolute Gasteiger partial charge is 0.426 e. The van der Waals surface area contributed by atoms with Gasteiger partial charge in [0.15, 0.2) is 5.82 Å². The lowest BCUT2D eigenvalue weighted by atomic mass is 10.2. The Kier molecular flexibility index (Phi) is 4.59. The van der Waals surface area contributed by atoms with Crippen LogP contribution in [-0.2, 0) is 4.79 Å². The van der Waals surface area contributed by atoms with Gasteiger partial charge in [0.1, 0.15) is 5.75 Å². The predicted octanol–water partition coefficient (Wildman–Crippen LogP) is 3.05. The smallest absolute Gasteiger partial charge is 0.308 e. The van der Waals surface area contributed by atoms with Crippen molar-refractivity contribution in [2.45, 2.75) is 6.92 Å². The summed E-state index contributed by atoms with van der Waals surface area (Å²) in [6.07, 6.45) is 1.81. The van der Waals surface area contributed by atoms with Gasteiger partial charge in [-0.1, -0.05) is 57.6 Å². The topological polar surface area (TPSA) is 73.6 Å². The van der Waals surface area contributed by atoms with E-state index >= 15 is 0 Å². The second kappa shape index (κ2) is 7.05. The number of carbonyl (C=O) groups is 1. The molecule has 4 rings (SSSR count). The molecule has 4 aromatic rings. The van der Waals surface area contributed by atoms with E-state index in [-0.39, 0.29) is 5.56 Å². The normalized spacial score (nSPS) is 11.9. The van der Waals surface area contributed by atoms with E-state index in [9.17, 15) is 9.59 Å². The number of nitrogens with zero attached hydrogens (tertiary/aromatic N) is 3. The molecule has 2 aromatic heterocycles. The van der Waals surface area contributed by atoms with Crippen LogP contribution >= 0.6 is 27.3 Å². The minimum absolute atomic E-state index is 0.241. The highest BCUT2D eigenvalue weighted by molar-refractivity contribution is 9.10. The third-order valence-electron chi connectivity index (χ3n) is 3.76. The van der Waals surface area contributed by atoms with Crippen LogP contribution in [0.4, 0.5) is 0 Å². The fraction of sp³-hybridized carbons (Fsp3) is 0.0526. The fourth-order valence-electron chi connectivity index (χ4n) is 2.58. The number of aromatic nitrogens is 3. The number of ether oxygens (including phenoxy) is 1. The van der Waals surface area contributed by atoms with Gasteiger partial charge in [-0.15, -0.1) is 5.10 Å². The number of hydrogen-bond donors (Lipinski definition) is 0. The SMILES string of the molecule is CC(=O)Oc1ccccc1-c1nc2sc(=Cc3ccccc3Br)c(=O)n2n1. The number of rotatable bonds is 3. The summed E-state index contributed by atoms with van der Waals surface area (Å²) in [4.78, 5) is 28.9. The molecule has 0 aliphatic carbocycles. The second-order valence-corrected chi connectivity index (χ2v) is 7.52. The Hall–Kier alpha value is -2.84. The molecule has 0 aliphatic rings. The van der Waals surface area contributed by atoms with Crippen molar-refractivity contribution in [1.29, 1.82) is 0 Å². The molecular weight excluding hydrogens is 430 g/mol. The monoisotopic (exact) mass is 441 g/mol. The quantitative estimate of drug-likeness (QED) is 0.360. The van der Waals surface area contributed by atoms with E-state index in [1.54, 1.807) is 30.3 Å². The standard InChI is InChI=1S/C19H12BrN3O3S/c1-11(24)26-15-9-5-3-7-13(15)17-21-19-23(22-17)18(25)16(27-19)10-12-6-2-4-8-14(12)20/h2-10H,1H3. The Balaban J connectivity index is 1.82. The number of carbonyl (C=O) groups excluding carboxylic acids is 1. The third-order valence-corrected chi connectivity index (χ3v) is 5.44. The van der Waals surface area contributed by atoms with Gasteiger partial charge in [0, 0.05) is 11.4 Å². The first-order chi connectivity index (χ1) is 13.0. The summed E-state index contributed by atoms with van der Waals surface area (Å²) in [6, 6.07) is 14.6. The van der Waals surface area contributed by atoms with Crippen LogP contribution in [0.25, 0.3) is 22.4 Å². The van der Waals surface area contributed by atoms with Crippen LogP contribution in [0.5, 0.6) is 5.75 Å². The van der Waals surface area contributed by atoms with E-state index in [4.69, 9.17) is 4.74 Å². The van der Waals surface area contributed by atoms with Crippen molar-refractivity contribution in [2.24, 2.45) is 0 Å². The molecule has 134 valence electrons. The highest BCUT2D eigenvalue weighted by Gasteiger charge is 2.16. The molecule has 0 spiro atoms. The van der Waals surface area contributed by atoms with Gasteiger partial charge in [-0.25, -0.2) is 0 Å². The summed E-state index contributed by atoms with van der Waals surface area (Å²) in [5, 5.41) is 4.32. The fourth-order valence-corrected chi connectivity index (χ4v) is 3.87. The highest BCUT2D eigenvalue weighted by Crippen LogP contribution is 2.28. The second-order valence-electron chi connectivity index (χ2n) is 5.66. The molecule has 0 unspecified atom stereocenters. The van der Waals surface area contributed by atoms with Gasteiger partial charge in [0.05, 0.1) is 10.1 Å². The van der Waals surface area contributed by atoms with Gasteiger partial charge < -0.3 is 4.74 Å². The Labute approximate surface area is 165 Å².